The first kappa shape index (κ1) is 14.8. The van der Waals surface area contributed by atoms with Gasteiger partial charge in [0.15, 0.2) is 0 Å². The number of ether oxygens (including phenoxy) is 2. The smallest absolute Gasteiger partial charge is 0.0842 e. The van der Waals surface area contributed by atoms with E-state index in [9.17, 15) is 0 Å². The van der Waals surface area contributed by atoms with Crippen LogP contribution < -0.4 is 0 Å². The molecule has 0 heterocycles. The molecule has 2 aromatic rings. The van der Waals surface area contributed by atoms with Crippen molar-refractivity contribution >= 4 is 0 Å². The van der Waals surface area contributed by atoms with E-state index in [0.717, 1.165) is 11.1 Å². The Labute approximate surface area is 121 Å². The zero-order valence-corrected chi connectivity index (χ0v) is 11.6. The van der Waals surface area contributed by atoms with Crippen molar-refractivity contribution in [2.75, 3.05) is 0 Å². The van der Waals surface area contributed by atoms with Crippen molar-refractivity contribution in [2.45, 2.75) is 25.4 Å². The first-order valence-electron chi connectivity index (χ1n) is 6.73. The zero-order valence-electron chi connectivity index (χ0n) is 11.6. The van der Waals surface area contributed by atoms with Gasteiger partial charge in [-0.15, -0.1) is 0 Å². The predicted octanol–water partition coefficient (Wildman–Crippen LogP) is 3.83. The van der Waals surface area contributed by atoms with Crippen LogP contribution in [0, 0.1) is 13.8 Å². The summed E-state index contributed by atoms with van der Waals surface area (Å²) >= 11 is 0. The van der Waals surface area contributed by atoms with Crippen LogP contribution in [0.1, 0.15) is 11.1 Å². The van der Waals surface area contributed by atoms with E-state index >= 15 is 0 Å². The number of rotatable bonds is 7. The van der Waals surface area contributed by atoms with Crippen molar-refractivity contribution in [3.63, 3.8) is 0 Å². The van der Waals surface area contributed by atoms with E-state index in [1.54, 1.807) is 0 Å². The van der Waals surface area contributed by atoms with Gasteiger partial charge in [0, 0.05) is 0 Å². The highest BCUT2D eigenvalue weighted by molar-refractivity contribution is 5.14. The average molecular weight is 268 g/mol. The largest absolute Gasteiger partial charge is 0.371 e. The van der Waals surface area contributed by atoms with Crippen molar-refractivity contribution < 1.29 is 9.47 Å². The monoisotopic (exact) mass is 268 g/mol. The standard InChI is InChI=1S/C18H20O2/c1-15(19-13-17-9-5-3-6-10-17)16(2)20-14-18-11-7-4-8-12-18/h3-12,15-16H,1-2,13-14H2. The van der Waals surface area contributed by atoms with Gasteiger partial charge in [-0.1, -0.05) is 60.7 Å². The fourth-order valence-corrected chi connectivity index (χ4v) is 1.77. The van der Waals surface area contributed by atoms with E-state index < -0.39 is 0 Å². The lowest BCUT2D eigenvalue weighted by molar-refractivity contribution is -0.0448. The van der Waals surface area contributed by atoms with Gasteiger partial charge in [-0.2, -0.15) is 0 Å². The molecule has 104 valence electrons. The van der Waals surface area contributed by atoms with E-state index in [0.29, 0.717) is 13.2 Å². The van der Waals surface area contributed by atoms with Crippen molar-refractivity contribution in [3.05, 3.63) is 85.6 Å². The highest BCUT2D eigenvalue weighted by Crippen LogP contribution is 2.10. The Hall–Kier alpha value is -1.64. The van der Waals surface area contributed by atoms with E-state index in [4.69, 9.17) is 9.47 Å². The van der Waals surface area contributed by atoms with Gasteiger partial charge in [0.2, 0.25) is 0 Å². The van der Waals surface area contributed by atoms with E-state index in [-0.39, 0.29) is 12.2 Å². The maximum Gasteiger partial charge on any atom is 0.0842 e. The van der Waals surface area contributed by atoms with Crippen molar-refractivity contribution in [1.29, 1.82) is 0 Å². The molecule has 0 spiro atoms. The molecule has 2 nitrogen and oxygen atoms in total. The van der Waals surface area contributed by atoms with Crippen LogP contribution in [0.5, 0.6) is 0 Å². The molecule has 20 heavy (non-hydrogen) atoms. The van der Waals surface area contributed by atoms with Crippen LogP contribution in [0.4, 0.5) is 0 Å². The maximum absolute atomic E-state index is 5.68. The van der Waals surface area contributed by atoms with Crippen LogP contribution in [0.3, 0.4) is 0 Å². The third-order valence-corrected chi connectivity index (χ3v) is 3.03. The van der Waals surface area contributed by atoms with Gasteiger partial charge < -0.3 is 9.47 Å². The van der Waals surface area contributed by atoms with Crippen LogP contribution in [-0.4, -0.2) is 12.2 Å². The Bertz CT molecular complexity index is 434. The summed E-state index contributed by atoms with van der Waals surface area (Å²) in [6.07, 6.45) is -0.585. The van der Waals surface area contributed by atoms with Crippen LogP contribution >= 0.6 is 0 Å². The topological polar surface area (TPSA) is 18.5 Å². The summed E-state index contributed by atoms with van der Waals surface area (Å²) in [7, 11) is 0. The maximum atomic E-state index is 5.68. The van der Waals surface area contributed by atoms with Gasteiger partial charge in [0.05, 0.1) is 25.4 Å². The minimum Gasteiger partial charge on any atom is -0.371 e. The molecule has 0 saturated carbocycles. The molecule has 0 saturated heterocycles. The molecule has 2 rings (SSSR count). The van der Waals surface area contributed by atoms with Crippen molar-refractivity contribution in [1.82, 2.24) is 0 Å². The Morgan fingerprint density at radius 3 is 1.35 bits per heavy atom. The van der Waals surface area contributed by atoms with Gasteiger partial charge >= 0.3 is 0 Å². The predicted molar refractivity (Wildman–Crippen MR) is 80.8 cm³/mol. The molecule has 0 fully saturated rings. The molecule has 0 aliphatic carbocycles. The minimum atomic E-state index is -0.293. The first-order valence-corrected chi connectivity index (χ1v) is 6.73. The molecule has 0 aliphatic heterocycles. The van der Waals surface area contributed by atoms with Gasteiger partial charge in [0.1, 0.15) is 0 Å². The second-order valence-corrected chi connectivity index (χ2v) is 4.67. The highest BCUT2D eigenvalue weighted by Gasteiger charge is 2.13. The normalized spacial score (nSPS) is 13.9. The van der Waals surface area contributed by atoms with Crippen LogP contribution in [0.25, 0.3) is 0 Å². The van der Waals surface area contributed by atoms with Gasteiger partial charge in [-0.25, -0.2) is 0 Å². The van der Waals surface area contributed by atoms with Crippen LogP contribution in [0.15, 0.2) is 60.7 Å². The molecule has 0 amide bonds. The molecular weight excluding hydrogens is 248 g/mol. The summed E-state index contributed by atoms with van der Waals surface area (Å²) in [5.74, 6) is 0. The van der Waals surface area contributed by atoms with E-state index in [2.05, 4.69) is 13.8 Å². The molecule has 0 aromatic heterocycles. The van der Waals surface area contributed by atoms with Crippen LogP contribution in [0.2, 0.25) is 0 Å². The second-order valence-electron chi connectivity index (χ2n) is 4.67. The Morgan fingerprint density at radius 2 is 1.00 bits per heavy atom. The van der Waals surface area contributed by atoms with E-state index in [1.165, 1.54) is 0 Å². The molecule has 2 atom stereocenters. The molecule has 2 aromatic carbocycles. The SMILES string of the molecule is [CH2]C(OCc1ccccc1)C([CH2])OCc1ccccc1. The molecular formula is C18H20O2. The third kappa shape index (κ3) is 4.80. The van der Waals surface area contributed by atoms with Gasteiger partial charge in [-0.3, -0.25) is 0 Å². The summed E-state index contributed by atoms with van der Waals surface area (Å²) in [6, 6.07) is 20.0. The van der Waals surface area contributed by atoms with Crippen molar-refractivity contribution in [3.8, 4) is 0 Å². The number of benzene rings is 2. The summed E-state index contributed by atoms with van der Waals surface area (Å²) in [5, 5.41) is 0. The molecule has 0 N–H and O–H groups in total. The minimum absolute atomic E-state index is 0.293. The quantitative estimate of drug-likeness (QED) is 0.760. The highest BCUT2D eigenvalue weighted by atomic mass is 16.5. The lowest BCUT2D eigenvalue weighted by Crippen LogP contribution is -2.26. The average Bonchev–Trinajstić information content (AvgIpc) is 2.52. The van der Waals surface area contributed by atoms with Gasteiger partial charge in [-0.05, 0) is 25.0 Å². The third-order valence-electron chi connectivity index (χ3n) is 3.03. The van der Waals surface area contributed by atoms with E-state index in [1.807, 2.05) is 60.7 Å². The summed E-state index contributed by atoms with van der Waals surface area (Å²) < 4.78 is 11.4. The number of hydrogen-bond acceptors (Lipinski definition) is 2. The lowest BCUT2D eigenvalue weighted by atomic mass is 10.2. The number of hydrogen-bond donors (Lipinski definition) is 0. The van der Waals surface area contributed by atoms with Crippen molar-refractivity contribution in [2.24, 2.45) is 0 Å². The Kier molecular flexibility index (Phi) is 5.78. The fraction of sp³-hybridized carbons (Fsp3) is 0.222. The molecule has 2 unspecified atom stereocenters. The Morgan fingerprint density at radius 1 is 0.650 bits per heavy atom. The lowest BCUT2D eigenvalue weighted by Gasteiger charge is -2.21. The zero-order chi connectivity index (χ0) is 14.2. The molecule has 0 aliphatic rings. The van der Waals surface area contributed by atoms with Gasteiger partial charge in [0.25, 0.3) is 0 Å². The molecule has 2 heteroatoms. The fourth-order valence-electron chi connectivity index (χ4n) is 1.77. The summed E-state index contributed by atoms with van der Waals surface area (Å²) in [6.45, 7) is 8.96. The molecule has 0 bridgehead atoms. The summed E-state index contributed by atoms with van der Waals surface area (Å²) in [4.78, 5) is 0. The van der Waals surface area contributed by atoms with Crippen LogP contribution in [-0.2, 0) is 22.7 Å². The molecule has 2 radical (unpaired) electrons. The first-order chi connectivity index (χ1) is 9.75. The second kappa shape index (κ2) is 7.83. The Balaban J connectivity index is 1.73. The summed E-state index contributed by atoms with van der Waals surface area (Å²) in [5.41, 5.74) is 2.24.